The monoisotopic (exact) mass is 421 g/mol. The van der Waals surface area contributed by atoms with Gasteiger partial charge >= 0.3 is 6.18 Å². The van der Waals surface area contributed by atoms with E-state index >= 15 is 0 Å². The number of alkyl halides is 3. The van der Waals surface area contributed by atoms with E-state index in [9.17, 15) is 22.8 Å². The number of aromatic nitrogens is 2. The Balaban J connectivity index is 2.04. The van der Waals surface area contributed by atoms with Crippen molar-refractivity contribution in [1.82, 2.24) is 9.55 Å². The first-order chi connectivity index (χ1) is 14.2. The van der Waals surface area contributed by atoms with Gasteiger partial charge < -0.3 is 14.8 Å². The molecule has 0 fully saturated rings. The van der Waals surface area contributed by atoms with Gasteiger partial charge in [0.05, 0.1) is 25.3 Å². The molecular weight excluding hydrogens is 403 g/mol. The number of fused-ring (bicyclic) bond motifs is 1. The number of amides is 1. The molecule has 0 bridgehead atoms. The summed E-state index contributed by atoms with van der Waals surface area (Å²) in [6.45, 7) is 1.34. The number of ether oxygens (including phenoxy) is 2. The van der Waals surface area contributed by atoms with Crippen LogP contribution in [0.4, 0.5) is 18.9 Å². The maximum atomic E-state index is 13.3. The molecule has 0 radical (unpaired) electrons. The summed E-state index contributed by atoms with van der Waals surface area (Å²) in [4.78, 5) is 28.8. The highest BCUT2D eigenvalue weighted by molar-refractivity contribution is 5.94. The fourth-order valence-corrected chi connectivity index (χ4v) is 3.00. The molecule has 0 aliphatic carbocycles. The van der Waals surface area contributed by atoms with Gasteiger partial charge in [0.15, 0.2) is 11.5 Å². The number of nitrogens with zero attached hydrogens (tertiary/aromatic N) is 2. The van der Waals surface area contributed by atoms with Crippen LogP contribution in [0.5, 0.6) is 11.5 Å². The number of para-hydroxylation sites is 2. The Kier molecular flexibility index (Phi) is 5.68. The van der Waals surface area contributed by atoms with Gasteiger partial charge in [0.2, 0.25) is 11.6 Å². The SMILES string of the molecule is COc1ccc(NC(=O)[C@@H](C)n2c(=O)c(C(F)(F)F)nc3ccccc32)cc1OC. The van der Waals surface area contributed by atoms with E-state index in [2.05, 4.69) is 10.3 Å². The lowest BCUT2D eigenvalue weighted by Gasteiger charge is -2.19. The lowest BCUT2D eigenvalue weighted by Crippen LogP contribution is -2.36. The molecular formula is C20H18F3N3O4. The van der Waals surface area contributed by atoms with Crippen LogP contribution in [0.15, 0.2) is 47.3 Å². The molecule has 0 saturated carbocycles. The minimum Gasteiger partial charge on any atom is -0.493 e. The molecule has 3 rings (SSSR count). The highest BCUT2D eigenvalue weighted by Crippen LogP contribution is 2.30. The number of carbonyl (C=O) groups is 1. The minimum atomic E-state index is -4.96. The maximum absolute atomic E-state index is 13.3. The molecule has 0 aliphatic heterocycles. The smallest absolute Gasteiger partial charge is 0.438 e. The summed E-state index contributed by atoms with van der Waals surface area (Å²) < 4.78 is 51.0. The van der Waals surface area contributed by atoms with Crippen molar-refractivity contribution in [3.05, 3.63) is 58.5 Å². The molecule has 1 atom stereocenters. The second-order valence-corrected chi connectivity index (χ2v) is 6.36. The van der Waals surface area contributed by atoms with Gasteiger partial charge in [-0.1, -0.05) is 12.1 Å². The van der Waals surface area contributed by atoms with Gasteiger partial charge in [-0.15, -0.1) is 0 Å². The molecule has 3 aromatic rings. The van der Waals surface area contributed by atoms with E-state index in [4.69, 9.17) is 9.47 Å². The number of anilines is 1. The van der Waals surface area contributed by atoms with E-state index in [1.54, 1.807) is 18.2 Å². The Morgan fingerprint density at radius 1 is 1.10 bits per heavy atom. The fraction of sp³-hybridized carbons (Fsp3) is 0.250. The maximum Gasteiger partial charge on any atom is 0.438 e. The summed E-state index contributed by atoms with van der Waals surface area (Å²) in [6.07, 6.45) is -4.96. The van der Waals surface area contributed by atoms with Crippen LogP contribution in [-0.4, -0.2) is 29.7 Å². The van der Waals surface area contributed by atoms with E-state index in [1.807, 2.05) is 0 Å². The Labute approximate surface area is 169 Å². The topological polar surface area (TPSA) is 82.5 Å². The first-order valence-electron chi connectivity index (χ1n) is 8.78. The van der Waals surface area contributed by atoms with Crippen molar-refractivity contribution >= 4 is 22.6 Å². The van der Waals surface area contributed by atoms with Crippen LogP contribution in [0.3, 0.4) is 0 Å². The molecule has 7 nitrogen and oxygen atoms in total. The average Bonchev–Trinajstić information content (AvgIpc) is 2.71. The highest BCUT2D eigenvalue weighted by atomic mass is 19.4. The van der Waals surface area contributed by atoms with Crippen molar-refractivity contribution in [2.24, 2.45) is 0 Å². The number of hydrogen-bond acceptors (Lipinski definition) is 5. The number of halogens is 3. The number of rotatable bonds is 5. The van der Waals surface area contributed by atoms with Crippen molar-refractivity contribution in [2.45, 2.75) is 19.1 Å². The molecule has 1 aromatic heterocycles. The van der Waals surface area contributed by atoms with E-state index in [0.717, 1.165) is 4.57 Å². The van der Waals surface area contributed by atoms with Crippen LogP contribution in [-0.2, 0) is 11.0 Å². The molecule has 158 valence electrons. The van der Waals surface area contributed by atoms with E-state index in [-0.39, 0.29) is 11.0 Å². The van der Waals surface area contributed by atoms with Gasteiger partial charge in [-0.25, -0.2) is 4.98 Å². The molecule has 0 saturated heterocycles. The van der Waals surface area contributed by atoms with Gasteiger partial charge in [0.25, 0.3) is 5.56 Å². The largest absolute Gasteiger partial charge is 0.493 e. The number of carbonyl (C=O) groups excluding carboxylic acids is 1. The van der Waals surface area contributed by atoms with Crippen LogP contribution >= 0.6 is 0 Å². The summed E-state index contributed by atoms with van der Waals surface area (Å²) in [6, 6.07) is 9.18. The summed E-state index contributed by atoms with van der Waals surface area (Å²) >= 11 is 0. The molecule has 1 amide bonds. The van der Waals surface area contributed by atoms with Crippen LogP contribution in [0.25, 0.3) is 11.0 Å². The molecule has 0 aliphatic rings. The summed E-state index contributed by atoms with van der Waals surface area (Å²) in [5, 5.41) is 2.58. The van der Waals surface area contributed by atoms with Crippen molar-refractivity contribution in [1.29, 1.82) is 0 Å². The number of nitrogens with one attached hydrogen (secondary N) is 1. The number of hydrogen-bond donors (Lipinski definition) is 1. The predicted molar refractivity (Wildman–Crippen MR) is 104 cm³/mol. The summed E-state index contributed by atoms with van der Waals surface area (Å²) in [5.74, 6) is 0.109. The lowest BCUT2D eigenvalue weighted by molar-refractivity contribution is -0.142. The van der Waals surface area contributed by atoms with Gasteiger partial charge in [0.1, 0.15) is 6.04 Å². The molecule has 1 heterocycles. The van der Waals surface area contributed by atoms with Gasteiger partial charge in [-0.05, 0) is 31.2 Å². The molecule has 1 N–H and O–H groups in total. The van der Waals surface area contributed by atoms with E-state index in [1.165, 1.54) is 45.4 Å². The highest BCUT2D eigenvalue weighted by Gasteiger charge is 2.38. The normalized spacial score (nSPS) is 12.5. The predicted octanol–water partition coefficient (Wildman–Crippen LogP) is 3.63. The quantitative estimate of drug-likeness (QED) is 0.680. The molecule has 10 heteroatoms. The summed E-state index contributed by atoms with van der Waals surface area (Å²) in [7, 11) is 2.88. The van der Waals surface area contributed by atoms with Gasteiger partial charge in [-0.2, -0.15) is 13.2 Å². The molecule has 0 spiro atoms. The first kappa shape index (κ1) is 21.2. The molecule has 2 aromatic carbocycles. The van der Waals surface area contributed by atoms with E-state index < -0.39 is 29.4 Å². The fourth-order valence-electron chi connectivity index (χ4n) is 3.00. The Hall–Kier alpha value is -3.56. The Bertz CT molecular complexity index is 1160. The van der Waals surface area contributed by atoms with Crippen molar-refractivity contribution in [3.63, 3.8) is 0 Å². The van der Waals surface area contributed by atoms with Crippen molar-refractivity contribution in [3.8, 4) is 11.5 Å². The third kappa shape index (κ3) is 3.93. The zero-order chi connectivity index (χ0) is 22.1. The molecule has 0 unspecified atom stereocenters. The zero-order valence-electron chi connectivity index (χ0n) is 16.3. The second kappa shape index (κ2) is 8.05. The van der Waals surface area contributed by atoms with E-state index in [0.29, 0.717) is 17.2 Å². The minimum absolute atomic E-state index is 0.0461. The second-order valence-electron chi connectivity index (χ2n) is 6.36. The van der Waals surface area contributed by atoms with Crippen LogP contribution in [0.1, 0.15) is 18.7 Å². The Morgan fingerprint density at radius 3 is 2.40 bits per heavy atom. The molecule has 30 heavy (non-hydrogen) atoms. The first-order valence-corrected chi connectivity index (χ1v) is 8.78. The van der Waals surface area contributed by atoms with Crippen LogP contribution < -0.4 is 20.3 Å². The van der Waals surface area contributed by atoms with Crippen LogP contribution in [0.2, 0.25) is 0 Å². The number of benzene rings is 2. The zero-order valence-corrected chi connectivity index (χ0v) is 16.3. The Morgan fingerprint density at radius 2 is 1.77 bits per heavy atom. The summed E-state index contributed by atoms with van der Waals surface area (Å²) in [5.41, 5.74) is -2.57. The third-order valence-corrected chi connectivity index (χ3v) is 4.48. The van der Waals surface area contributed by atoms with Gasteiger partial charge in [0, 0.05) is 11.8 Å². The average molecular weight is 421 g/mol. The van der Waals surface area contributed by atoms with Crippen molar-refractivity contribution in [2.75, 3.05) is 19.5 Å². The van der Waals surface area contributed by atoms with Crippen molar-refractivity contribution < 1.29 is 27.4 Å². The third-order valence-electron chi connectivity index (χ3n) is 4.48. The van der Waals surface area contributed by atoms with Crippen LogP contribution in [0, 0.1) is 0 Å². The standard InChI is InChI=1S/C20H18F3N3O4/c1-11(18(27)24-12-8-9-15(29-2)16(10-12)30-3)26-14-7-5-4-6-13(14)25-17(19(26)28)20(21,22)23/h4-11H,1-3H3,(H,24,27)/t11-/m1/s1. The van der Waals surface area contributed by atoms with Gasteiger partial charge in [-0.3, -0.25) is 14.2 Å². The lowest BCUT2D eigenvalue weighted by atomic mass is 10.2. The number of methoxy groups -OCH3 is 2.